The molecule has 0 radical (unpaired) electrons. The molecule has 2 N–H and O–H groups in total. The average Bonchev–Trinajstić information content (AvgIpc) is 2.01. The number of hydrogen-bond donors (Lipinski definition) is 2. The van der Waals surface area contributed by atoms with Crippen molar-refractivity contribution in [3.05, 3.63) is 0 Å². The molecule has 0 bridgehead atoms. The molecule has 0 aromatic rings. The van der Waals surface area contributed by atoms with Crippen molar-refractivity contribution in [2.45, 2.75) is 16.4 Å². The molecule has 1 aliphatic rings. The van der Waals surface area contributed by atoms with Gasteiger partial charge in [0.05, 0.1) is 0 Å². The predicted octanol–water partition coefficient (Wildman–Crippen LogP) is 0.675. The van der Waals surface area contributed by atoms with E-state index in [2.05, 4.69) is 42.5 Å². The van der Waals surface area contributed by atoms with Gasteiger partial charge in [-0.1, -0.05) is 31.9 Å². The van der Waals surface area contributed by atoms with E-state index < -0.39 is 21.4 Å². The molecule has 1 fully saturated rings. The molecule has 7 heteroatoms. The summed E-state index contributed by atoms with van der Waals surface area (Å²) in [5.41, 5.74) is 0. The van der Waals surface area contributed by atoms with Crippen molar-refractivity contribution >= 4 is 43.8 Å². The lowest BCUT2D eigenvalue weighted by atomic mass is 10.3. The van der Waals surface area contributed by atoms with Crippen LogP contribution in [0.1, 0.15) is 6.92 Å². The number of hydrogen-bond acceptors (Lipinski definition) is 3. The van der Waals surface area contributed by atoms with Crippen molar-refractivity contribution in [1.82, 2.24) is 10.6 Å². The normalized spacial score (nSPS) is 26.5. The molecule has 0 spiro atoms. The van der Waals surface area contributed by atoms with Gasteiger partial charge in [-0.05, 0) is 6.92 Å². The summed E-state index contributed by atoms with van der Waals surface area (Å²) in [6, 6.07) is -0.557. The van der Waals surface area contributed by atoms with E-state index >= 15 is 0 Å². The molecule has 1 saturated heterocycles. The van der Waals surface area contributed by atoms with Gasteiger partial charge in [-0.2, -0.15) is 0 Å². The van der Waals surface area contributed by atoms with Crippen molar-refractivity contribution in [1.29, 1.82) is 0 Å². The zero-order valence-electron chi connectivity index (χ0n) is 6.77. The molecule has 1 rings (SSSR count). The second-order valence-corrected chi connectivity index (χ2v) is 5.95. The zero-order chi connectivity index (χ0) is 10.1. The van der Waals surface area contributed by atoms with Crippen LogP contribution < -0.4 is 10.6 Å². The number of halogens is 2. The Balaban J connectivity index is 2.78. The van der Waals surface area contributed by atoms with Crippen LogP contribution in [0.3, 0.4) is 0 Å². The Morgan fingerprint density at radius 2 is 2.15 bits per heavy atom. The Bertz CT molecular complexity index is 244. The molecule has 0 saturated carbocycles. The summed E-state index contributed by atoms with van der Waals surface area (Å²) in [6.45, 7) is 2.17. The molecule has 5 nitrogen and oxygen atoms in total. The van der Waals surface area contributed by atoms with Gasteiger partial charge in [0.2, 0.25) is 3.23 Å². The van der Waals surface area contributed by atoms with Crippen LogP contribution in [0.25, 0.3) is 0 Å². The summed E-state index contributed by atoms with van der Waals surface area (Å²) in [5.74, 6) is -0.477. The smallest absolute Gasteiger partial charge is 0.323 e. The van der Waals surface area contributed by atoms with Crippen molar-refractivity contribution in [2.24, 2.45) is 0 Å². The van der Waals surface area contributed by atoms with E-state index in [1.165, 1.54) is 0 Å². The third-order valence-electron chi connectivity index (χ3n) is 1.45. The maximum Gasteiger partial charge on any atom is 0.323 e. The lowest BCUT2D eigenvalue weighted by molar-refractivity contribution is -0.124. The first-order valence-corrected chi connectivity index (χ1v) is 5.18. The number of nitrogens with one attached hydrogen (secondary N) is 2. The fourth-order valence-corrected chi connectivity index (χ4v) is 1.56. The van der Waals surface area contributed by atoms with Gasteiger partial charge in [-0.15, -0.1) is 0 Å². The summed E-state index contributed by atoms with van der Waals surface area (Å²) >= 11 is 6.24. The quantitative estimate of drug-likeness (QED) is 0.736. The summed E-state index contributed by atoms with van der Waals surface area (Å²) in [6.07, 6.45) is -0.709. The van der Waals surface area contributed by atoms with Crippen molar-refractivity contribution < 1.29 is 14.3 Å². The molecular weight excluding hydrogens is 308 g/mol. The minimum absolute atomic E-state index is 0.400. The molecule has 1 aliphatic heterocycles. The Hall–Kier alpha value is -0.140. The van der Waals surface area contributed by atoms with E-state index in [9.17, 15) is 9.59 Å². The fourth-order valence-electron chi connectivity index (χ4n) is 0.864. The van der Waals surface area contributed by atoms with E-state index in [0.717, 1.165) is 0 Å². The Morgan fingerprint density at radius 3 is 2.69 bits per heavy atom. The standard InChI is InChI=1S/C6H8Br2N2O3/c1-2-13-4-6(7,8)3(11)9-5(12)10-4/h4H,2H2,1H3,(H2,9,10,11,12)/t4-/m1/s1. The first kappa shape index (κ1) is 10.9. The van der Waals surface area contributed by atoms with Gasteiger partial charge in [0.25, 0.3) is 5.91 Å². The van der Waals surface area contributed by atoms with E-state index in [1.807, 2.05) is 0 Å². The Kier molecular flexibility index (Phi) is 3.31. The van der Waals surface area contributed by atoms with Crippen LogP contribution in [-0.4, -0.2) is 28.0 Å². The lowest BCUT2D eigenvalue weighted by Gasteiger charge is -2.33. The number of ether oxygens (including phenoxy) is 1. The van der Waals surface area contributed by atoms with E-state index in [4.69, 9.17) is 4.74 Å². The van der Waals surface area contributed by atoms with Gasteiger partial charge in [0.1, 0.15) is 0 Å². The minimum Gasteiger partial charge on any atom is -0.356 e. The van der Waals surface area contributed by atoms with Crippen LogP contribution in [-0.2, 0) is 9.53 Å². The van der Waals surface area contributed by atoms with Crippen molar-refractivity contribution in [2.75, 3.05) is 6.61 Å². The maximum atomic E-state index is 11.3. The van der Waals surface area contributed by atoms with E-state index in [0.29, 0.717) is 6.61 Å². The zero-order valence-corrected chi connectivity index (χ0v) is 9.94. The highest BCUT2D eigenvalue weighted by Crippen LogP contribution is 2.32. The largest absolute Gasteiger partial charge is 0.356 e. The van der Waals surface area contributed by atoms with Gasteiger partial charge in [-0.3, -0.25) is 10.1 Å². The molecule has 3 amide bonds. The SMILES string of the molecule is CCO[C@H]1NC(=O)NC(=O)C1(Br)Br. The number of carbonyl (C=O) groups excluding carboxylic acids is 2. The third-order valence-corrected chi connectivity index (χ3v) is 3.01. The van der Waals surface area contributed by atoms with Gasteiger partial charge in [0, 0.05) is 6.61 Å². The summed E-state index contributed by atoms with van der Waals surface area (Å²) in [5, 5.41) is 4.55. The van der Waals surface area contributed by atoms with Crippen molar-refractivity contribution in [3.63, 3.8) is 0 Å². The molecule has 0 aromatic heterocycles. The van der Waals surface area contributed by atoms with E-state index in [1.54, 1.807) is 6.92 Å². The lowest BCUT2D eigenvalue weighted by Crippen LogP contribution is -2.64. The summed E-state index contributed by atoms with van der Waals surface area (Å²) in [7, 11) is 0. The minimum atomic E-state index is -1.09. The van der Waals surface area contributed by atoms with Gasteiger partial charge >= 0.3 is 6.03 Å². The van der Waals surface area contributed by atoms with Crippen LogP contribution in [0.5, 0.6) is 0 Å². The van der Waals surface area contributed by atoms with Gasteiger partial charge in [0.15, 0.2) is 6.23 Å². The van der Waals surface area contributed by atoms with Gasteiger partial charge in [-0.25, -0.2) is 4.79 Å². The fraction of sp³-hybridized carbons (Fsp3) is 0.667. The average molecular weight is 316 g/mol. The highest BCUT2D eigenvalue weighted by molar-refractivity contribution is 9.26. The predicted molar refractivity (Wildman–Crippen MR) is 52.7 cm³/mol. The second kappa shape index (κ2) is 3.93. The topological polar surface area (TPSA) is 67.4 Å². The van der Waals surface area contributed by atoms with Crippen molar-refractivity contribution in [3.8, 4) is 0 Å². The van der Waals surface area contributed by atoms with Crippen LogP contribution in [0, 0.1) is 0 Å². The summed E-state index contributed by atoms with van der Waals surface area (Å²) < 4.78 is 4.06. The van der Waals surface area contributed by atoms with Crippen LogP contribution in [0.15, 0.2) is 0 Å². The number of urea groups is 1. The van der Waals surface area contributed by atoms with Crippen LogP contribution in [0.4, 0.5) is 4.79 Å². The Morgan fingerprint density at radius 1 is 1.54 bits per heavy atom. The molecular formula is C6H8Br2N2O3. The molecule has 0 aromatic carbocycles. The molecule has 74 valence electrons. The van der Waals surface area contributed by atoms with E-state index in [-0.39, 0.29) is 0 Å². The first-order valence-electron chi connectivity index (χ1n) is 3.60. The Labute approximate surface area is 91.8 Å². The second-order valence-electron chi connectivity index (χ2n) is 2.39. The number of imide groups is 1. The summed E-state index contributed by atoms with van der Waals surface area (Å²) in [4.78, 5) is 22.1. The van der Waals surface area contributed by atoms with Crippen LogP contribution >= 0.6 is 31.9 Å². The first-order chi connectivity index (χ1) is 5.98. The number of amides is 3. The molecule has 0 aliphatic carbocycles. The highest BCUT2D eigenvalue weighted by Gasteiger charge is 2.47. The van der Waals surface area contributed by atoms with Crippen LogP contribution in [0.2, 0.25) is 0 Å². The molecule has 1 atom stereocenters. The monoisotopic (exact) mass is 314 g/mol. The maximum absolute atomic E-state index is 11.3. The molecule has 1 heterocycles. The highest BCUT2D eigenvalue weighted by atomic mass is 79.9. The van der Waals surface area contributed by atoms with Gasteiger partial charge < -0.3 is 10.1 Å². The third kappa shape index (κ3) is 2.21. The number of rotatable bonds is 2. The number of alkyl halides is 2. The molecule has 13 heavy (non-hydrogen) atoms. The number of carbonyl (C=O) groups is 2. The molecule has 0 unspecified atom stereocenters.